The van der Waals surface area contributed by atoms with Crippen molar-refractivity contribution in [2.75, 3.05) is 26.2 Å². The molecule has 1 saturated heterocycles. The van der Waals surface area contributed by atoms with Crippen LogP contribution in [0.25, 0.3) is 6.08 Å². The first-order chi connectivity index (χ1) is 13.0. The Morgan fingerprint density at radius 3 is 2.59 bits per heavy atom. The van der Waals surface area contributed by atoms with E-state index in [1.54, 1.807) is 23.1 Å². The highest BCUT2D eigenvalue weighted by Gasteiger charge is 2.22. The van der Waals surface area contributed by atoms with Gasteiger partial charge in [-0.2, -0.15) is 0 Å². The van der Waals surface area contributed by atoms with Gasteiger partial charge in [-0.3, -0.25) is 19.8 Å². The quantitative estimate of drug-likeness (QED) is 0.456. The Bertz CT molecular complexity index is 847. The Balaban J connectivity index is 1.57. The molecule has 0 unspecified atom stereocenters. The van der Waals surface area contributed by atoms with Crippen LogP contribution in [0.5, 0.6) is 0 Å². The summed E-state index contributed by atoms with van der Waals surface area (Å²) >= 11 is 0. The van der Waals surface area contributed by atoms with E-state index in [1.807, 2.05) is 13.8 Å². The number of aryl methyl sites for hydroxylation is 2. The zero-order chi connectivity index (χ0) is 19.4. The van der Waals surface area contributed by atoms with Gasteiger partial charge in [0.1, 0.15) is 5.76 Å². The second-order valence-electron chi connectivity index (χ2n) is 6.55. The molecule has 0 radical (unpaired) electrons. The summed E-state index contributed by atoms with van der Waals surface area (Å²) in [5, 5.41) is 15.0. The van der Waals surface area contributed by atoms with E-state index in [1.165, 1.54) is 18.2 Å². The molecule has 1 amide bonds. The molecular weight excluding hydrogens is 348 g/mol. The van der Waals surface area contributed by atoms with Crippen molar-refractivity contribution in [1.29, 1.82) is 0 Å². The highest BCUT2D eigenvalue weighted by Crippen LogP contribution is 2.19. The molecule has 0 aliphatic carbocycles. The first-order valence-electron chi connectivity index (χ1n) is 8.80. The summed E-state index contributed by atoms with van der Waals surface area (Å²) in [4.78, 5) is 27.0. The number of rotatable bonds is 5. The number of benzene rings is 1. The third kappa shape index (κ3) is 4.40. The van der Waals surface area contributed by atoms with Gasteiger partial charge in [0.25, 0.3) is 5.69 Å². The molecular formula is C19H22N4O4. The van der Waals surface area contributed by atoms with E-state index < -0.39 is 4.92 Å². The molecule has 8 heteroatoms. The van der Waals surface area contributed by atoms with Crippen LogP contribution in [0.15, 0.2) is 34.9 Å². The fraction of sp³-hybridized carbons (Fsp3) is 0.368. The van der Waals surface area contributed by atoms with Crippen molar-refractivity contribution in [2.45, 2.75) is 20.4 Å². The number of hydrogen-bond donors (Lipinski definition) is 0. The number of piperazine rings is 1. The van der Waals surface area contributed by atoms with Gasteiger partial charge in [-0.25, -0.2) is 0 Å². The summed E-state index contributed by atoms with van der Waals surface area (Å²) in [6.07, 6.45) is 2.92. The molecule has 1 fully saturated rings. The maximum absolute atomic E-state index is 12.4. The monoisotopic (exact) mass is 370 g/mol. The molecule has 0 N–H and O–H groups in total. The van der Waals surface area contributed by atoms with Crippen molar-refractivity contribution in [3.05, 3.63) is 63.0 Å². The normalized spacial score (nSPS) is 15.4. The van der Waals surface area contributed by atoms with Gasteiger partial charge in [0, 0.05) is 50.4 Å². The van der Waals surface area contributed by atoms with Crippen LogP contribution in [0.1, 0.15) is 22.6 Å². The summed E-state index contributed by atoms with van der Waals surface area (Å²) < 4.78 is 5.20. The number of carbonyl (C=O) groups excluding carboxylic acids is 1. The molecule has 1 aliphatic heterocycles. The van der Waals surface area contributed by atoms with Gasteiger partial charge in [0.05, 0.1) is 16.2 Å². The zero-order valence-electron chi connectivity index (χ0n) is 15.4. The largest absolute Gasteiger partial charge is 0.361 e. The van der Waals surface area contributed by atoms with Crippen LogP contribution in [-0.2, 0) is 11.3 Å². The molecule has 3 rings (SSSR count). The molecule has 2 aromatic rings. The minimum atomic E-state index is -0.447. The number of para-hydroxylation sites is 1. The lowest BCUT2D eigenvalue weighted by Crippen LogP contribution is -2.47. The molecule has 8 nitrogen and oxygen atoms in total. The number of nitrogens with zero attached hydrogens (tertiary/aromatic N) is 4. The number of amides is 1. The predicted molar refractivity (Wildman–Crippen MR) is 100.0 cm³/mol. The molecule has 142 valence electrons. The van der Waals surface area contributed by atoms with Crippen LogP contribution in [-0.4, -0.2) is 52.0 Å². The molecule has 0 bridgehead atoms. The summed E-state index contributed by atoms with van der Waals surface area (Å²) in [6, 6.07) is 6.38. The Labute approximate surface area is 157 Å². The third-order valence-corrected chi connectivity index (χ3v) is 4.79. The average molecular weight is 370 g/mol. The second-order valence-corrected chi connectivity index (χ2v) is 6.55. The maximum atomic E-state index is 12.4. The topological polar surface area (TPSA) is 92.7 Å². The average Bonchev–Trinajstić information content (AvgIpc) is 2.99. The Kier molecular flexibility index (Phi) is 5.66. The fourth-order valence-corrected chi connectivity index (χ4v) is 3.14. The second kappa shape index (κ2) is 8.13. The lowest BCUT2D eigenvalue weighted by molar-refractivity contribution is -0.385. The van der Waals surface area contributed by atoms with Gasteiger partial charge in [-0.15, -0.1) is 0 Å². The lowest BCUT2D eigenvalue weighted by Gasteiger charge is -2.34. The summed E-state index contributed by atoms with van der Waals surface area (Å²) in [5.74, 6) is 0.698. The van der Waals surface area contributed by atoms with E-state index in [2.05, 4.69) is 10.1 Å². The molecule has 27 heavy (non-hydrogen) atoms. The van der Waals surface area contributed by atoms with E-state index in [9.17, 15) is 14.9 Å². The highest BCUT2D eigenvalue weighted by molar-refractivity contribution is 5.92. The van der Waals surface area contributed by atoms with Crippen LogP contribution in [0.4, 0.5) is 5.69 Å². The van der Waals surface area contributed by atoms with Gasteiger partial charge in [0.2, 0.25) is 5.91 Å². The number of aromatic nitrogens is 1. The van der Waals surface area contributed by atoms with Gasteiger partial charge >= 0.3 is 0 Å². The van der Waals surface area contributed by atoms with Crippen LogP contribution >= 0.6 is 0 Å². The number of nitro benzene ring substituents is 1. The van der Waals surface area contributed by atoms with Crippen LogP contribution in [0, 0.1) is 24.0 Å². The number of nitro groups is 1. The zero-order valence-corrected chi connectivity index (χ0v) is 15.4. The molecule has 1 aromatic carbocycles. The van der Waals surface area contributed by atoms with Gasteiger partial charge in [-0.1, -0.05) is 17.3 Å². The van der Waals surface area contributed by atoms with Crippen molar-refractivity contribution in [3.8, 4) is 0 Å². The molecule has 0 spiro atoms. The molecule has 2 heterocycles. The Hall–Kier alpha value is -3.00. The number of carbonyl (C=O) groups is 1. The van der Waals surface area contributed by atoms with Crippen molar-refractivity contribution < 1.29 is 14.2 Å². The lowest BCUT2D eigenvalue weighted by atomic mass is 10.1. The van der Waals surface area contributed by atoms with Crippen molar-refractivity contribution in [3.63, 3.8) is 0 Å². The Morgan fingerprint density at radius 1 is 1.26 bits per heavy atom. The standard InChI is InChI=1S/C19H22N4O4/c1-14-17(15(2)27-20-14)13-21-9-11-22(12-10-21)19(24)8-7-16-5-3-4-6-18(16)23(25)26/h3-8H,9-13H2,1-2H3/b8-7-. The highest BCUT2D eigenvalue weighted by atomic mass is 16.6. The predicted octanol–water partition coefficient (Wildman–Crippen LogP) is 2.56. The van der Waals surface area contributed by atoms with Crippen molar-refractivity contribution >= 4 is 17.7 Å². The number of hydrogen-bond acceptors (Lipinski definition) is 6. The van der Waals surface area contributed by atoms with E-state index in [-0.39, 0.29) is 11.6 Å². The fourth-order valence-electron chi connectivity index (χ4n) is 3.14. The van der Waals surface area contributed by atoms with E-state index in [0.717, 1.165) is 36.7 Å². The first-order valence-corrected chi connectivity index (χ1v) is 8.80. The van der Waals surface area contributed by atoms with E-state index in [0.29, 0.717) is 18.7 Å². The van der Waals surface area contributed by atoms with E-state index in [4.69, 9.17) is 4.52 Å². The van der Waals surface area contributed by atoms with Crippen molar-refractivity contribution in [1.82, 2.24) is 15.0 Å². The summed E-state index contributed by atoms with van der Waals surface area (Å²) in [7, 11) is 0. The Morgan fingerprint density at radius 2 is 1.96 bits per heavy atom. The van der Waals surface area contributed by atoms with Crippen LogP contribution in [0.2, 0.25) is 0 Å². The van der Waals surface area contributed by atoms with Crippen LogP contribution < -0.4 is 0 Å². The van der Waals surface area contributed by atoms with Gasteiger partial charge in [-0.05, 0) is 26.0 Å². The SMILES string of the molecule is Cc1noc(C)c1CN1CCN(C(=O)/C=C\c2ccccc2[N+](=O)[O-])CC1. The minimum Gasteiger partial charge on any atom is -0.361 e. The molecule has 1 aromatic heterocycles. The summed E-state index contributed by atoms with van der Waals surface area (Å²) in [5.41, 5.74) is 2.42. The molecule has 1 aliphatic rings. The molecule has 0 saturated carbocycles. The van der Waals surface area contributed by atoms with Gasteiger partial charge in [0.15, 0.2) is 0 Å². The minimum absolute atomic E-state index is 0.00849. The van der Waals surface area contributed by atoms with E-state index >= 15 is 0 Å². The maximum Gasteiger partial charge on any atom is 0.276 e. The molecule has 0 atom stereocenters. The van der Waals surface area contributed by atoms with Crippen molar-refractivity contribution in [2.24, 2.45) is 0 Å². The third-order valence-electron chi connectivity index (χ3n) is 4.79. The first kappa shape index (κ1) is 18.8. The van der Waals surface area contributed by atoms with Crippen LogP contribution in [0.3, 0.4) is 0 Å². The summed E-state index contributed by atoms with van der Waals surface area (Å²) in [6.45, 7) is 7.34. The smallest absolute Gasteiger partial charge is 0.276 e. The van der Waals surface area contributed by atoms with Gasteiger partial charge < -0.3 is 9.42 Å².